The van der Waals surface area contributed by atoms with Gasteiger partial charge < -0.3 is 13.8 Å². The van der Waals surface area contributed by atoms with Gasteiger partial charge in [-0.05, 0) is 50.5 Å². The van der Waals surface area contributed by atoms with Crippen molar-refractivity contribution in [1.82, 2.24) is 20.0 Å². The first-order chi connectivity index (χ1) is 15.5. The van der Waals surface area contributed by atoms with Gasteiger partial charge in [-0.3, -0.25) is 4.79 Å². The molecule has 1 saturated heterocycles. The van der Waals surface area contributed by atoms with Gasteiger partial charge in [0.1, 0.15) is 11.6 Å². The van der Waals surface area contributed by atoms with Crippen molar-refractivity contribution in [2.75, 3.05) is 13.1 Å². The number of likely N-dealkylation sites (tertiary alicyclic amines) is 1. The summed E-state index contributed by atoms with van der Waals surface area (Å²) >= 11 is 0. The average molecular weight is 434 g/mol. The molecule has 7 nitrogen and oxygen atoms in total. The highest BCUT2D eigenvalue weighted by Gasteiger charge is 2.30. The molecule has 1 aliphatic rings. The fourth-order valence-corrected chi connectivity index (χ4v) is 4.32. The first-order valence-electron chi connectivity index (χ1n) is 10.7. The Labute approximate surface area is 184 Å². The van der Waals surface area contributed by atoms with Gasteiger partial charge in [0.05, 0.1) is 28.8 Å². The molecule has 1 aliphatic heterocycles. The lowest BCUT2D eigenvalue weighted by Gasteiger charge is -2.31. The Hall–Kier alpha value is -3.55. The van der Waals surface area contributed by atoms with Crippen molar-refractivity contribution in [3.05, 3.63) is 76.5 Å². The number of oxazole rings is 1. The molecular formula is C24H23FN4O3. The molecule has 164 valence electrons. The quantitative estimate of drug-likeness (QED) is 0.468. The number of hydrogen-bond donors (Lipinski definition) is 0. The molecule has 0 aliphatic carbocycles. The van der Waals surface area contributed by atoms with Crippen molar-refractivity contribution in [3.63, 3.8) is 0 Å². The molecule has 0 radical (unpaired) electrons. The lowest BCUT2D eigenvalue weighted by atomic mass is 9.97. The minimum absolute atomic E-state index is 0.0247. The first kappa shape index (κ1) is 20.4. The van der Waals surface area contributed by atoms with E-state index in [-0.39, 0.29) is 17.6 Å². The van der Waals surface area contributed by atoms with Gasteiger partial charge >= 0.3 is 0 Å². The van der Waals surface area contributed by atoms with Crippen LogP contribution in [0.1, 0.15) is 57.7 Å². The number of rotatable bonds is 4. The van der Waals surface area contributed by atoms with E-state index in [4.69, 9.17) is 8.94 Å². The number of amides is 1. The second-order valence-electron chi connectivity index (χ2n) is 8.32. The number of hydrogen-bond acceptors (Lipinski definition) is 6. The molecule has 0 unspecified atom stereocenters. The van der Waals surface area contributed by atoms with Gasteiger partial charge in [0.25, 0.3) is 11.6 Å². The van der Waals surface area contributed by atoms with E-state index in [1.165, 1.54) is 12.1 Å². The number of pyridine rings is 1. The number of carbonyl (C=O) groups excluding carboxylic acids is 1. The summed E-state index contributed by atoms with van der Waals surface area (Å²) < 4.78 is 24.4. The lowest BCUT2D eigenvalue weighted by Crippen LogP contribution is -2.39. The summed E-state index contributed by atoms with van der Waals surface area (Å²) in [6.07, 6.45) is 4.03. The highest BCUT2D eigenvalue weighted by atomic mass is 19.1. The van der Waals surface area contributed by atoms with E-state index in [2.05, 4.69) is 15.1 Å². The Morgan fingerprint density at radius 2 is 2.06 bits per heavy atom. The first-order valence-corrected chi connectivity index (χ1v) is 10.7. The Kier molecular flexibility index (Phi) is 5.20. The van der Waals surface area contributed by atoms with Gasteiger partial charge in [0.2, 0.25) is 0 Å². The summed E-state index contributed by atoms with van der Waals surface area (Å²) in [4.78, 5) is 24.1. The van der Waals surface area contributed by atoms with Crippen LogP contribution < -0.4 is 0 Å². The SMILES string of the molecule is Cc1cc(C(=O)N2CCC[C@@H](c3ncc(Cc4ccc(F)cc4)o3)C2)c2c(C)noc2n1. The lowest BCUT2D eigenvalue weighted by molar-refractivity contribution is 0.0699. The van der Waals surface area contributed by atoms with Crippen molar-refractivity contribution in [1.29, 1.82) is 0 Å². The van der Waals surface area contributed by atoms with Crippen molar-refractivity contribution in [3.8, 4) is 0 Å². The van der Waals surface area contributed by atoms with Gasteiger partial charge in [-0.1, -0.05) is 17.3 Å². The van der Waals surface area contributed by atoms with Crippen LogP contribution in [0, 0.1) is 19.7 Å². The number of piperidine rings is 1. The molecule has 5 rings (SSSR count). The zero-order valence-electron chi connectivity index (χ0n) is 18.0. The van der Waals surface area contributed by atoms with Crippen molar-refractivity contribution in [2.24, 2.45) is 0 Å². The largest absolute Gasteiger partial charge is 0.445 e. The number of aryl methyl sites for hydroxylation is 2. The molecule has 3 aromatic heterocycles. The molecule has 1 amide bonds. The summed E-state index contributed by atoms with van der Waals surface area (Å²) in [6.45, 7) is 4.85. The van der Waals surface area contributed by atoms with Gasteiger partial charge in [-0.25, -0.2) is 14.4 Å². The molecule has 1 fully saturated rings. The number of halogens is 1. The maximum absolute atomic E-state index is 13.4. The van der Waals surface area contributed by atoms with Crippen molar-refractivity contribution in [2.45, 2.75) is 39.0 Å². The zero-order chi connectivity index (χ0) is 22.2. The van der Waals surface area contributed by atoms with E-state index in [0.717, 1.165) is 24.2 Å². The molecule has 4 aromatic rings. The van der Waals surface area contributed by atoms with Crippen LogP contribution in [-0.2, 0) is 6.42 Å². The maximum Gasteiger partial charge on any atom is 0.258 e. The average Bonchev–Trinajstić information content (AvgIpc) is 3.41. The van der Waals surface area contributed by atoms with Gasteiger partial charge in [-0.2, -0.15) is 0 Å². The van der Waals surface area contributed by atoms with Crippen LogP contribution in [0.3, 0.4) is 0 Å². The van der Waals surface area contributed by atoms with Gasteiger partial charge in [0, 0.05) is 25.2 Å². The summed E-state index contributed by atoms with van der Waals surface area (Å²) in [6, 6.07) is 8.15. The minimum atomic E-state index is -0.262. The Balaban J connectivity index is 1.34. The van der Waals surface area contributed by atoms with Crippen molar-refractivity contribution < 1.29 is 18.1 Å². The number of carbonyl (C=O) groups is 1. The van der Waals surface area contributed by atoms with Crippen LogP contribution in [0.15, 0.2) is 45.5 Å². The highest BCUT2D eigenvalue weighted by Crippen LogP contribution is 2.30. The topological polar surface area (TPSA) is 85.3 Å². The molecule has 32 heavy (non-hydrogen) atoms. The molecule has 1 atom stereocenters. The third kappa shape index (κ3) is 3.88. The van der Waals surface area contributed by atoms with Gasteiger partial charge in [-0.15, -0.1) is 0 Å². The third-order valence-electron chi connectivity index (χ3n) is 5.90. The predicted octanol–water partition coefficient (Wildman–Crippen LogP) is 4.58. The Morgan fingerprint density at radius 1 is 1.25 bits per heavy atom. The van der Waals surface area contributed by atoms with Crippen molar-refractivity contribution >= 4 is 17.0 Å². The second-order valence-corrected chi connectivity index (χ2v) is 8.32. The summed E-state index contributed by atoms with van der Waals surface area (Å²) in [5.74, 6) is 1.06. The van der Waals surface area contributed by atoms with Crippen LogP contribution in [0.4, 0.5) is 4.39 Å². The smallest absolute Gasteiger partial charge is 0.258 e. The van der Waals surface area contributed by atoms with Crippen LogP contribution in [0.2, 0.25) is 0 Å². The Bertz CT molecular complexity index is 1280. The number of fused-ring (bicyclic) bond motifs is 1. The number of benzene rings is 1. The molecular weight excluding hydrogens is 411 g/mol. The molecule has 0 N–H and O–H groups in total. The number of aromatic nitrogens is 3. The normalized spacial score (nSPS) is 16.6. The van der Waals surface area contributed by atoms with Crippen LogP contribution in [0.5, 0.6) is 0 Å². The standard InChI is InChI=1S/C24H23FN4O3/c1-14-10-20(21-15(2)28-32-23(21)27-14)24(30)29-9-3-4-17(13-29)22-26-12-19(31-22)11-16-5-7-18(25)8-6-16/h5-8,10,12,17H,3-4,9,11,13H2,1-2H3/t17-/m1/s1. The van der Waals surface area contributed by atoms with E-state index in [0.29, 0.717) is 53.5 Å². The van der Waals surface area contributed by atoms with Crippen LogP contribution >= 0.6 is 0 Å². The van der Waals surface area contributed by atoms with E-state index in [1.807, 2.05) is 18.7 Å². The van der Waals surface area contributed by atoms with Gasteiger partial charge in [0.15, 0.2) is 5.89 Å². The van der Waals surface area contributed by atoms with Crippen LogP contribution in [-0.4, -0.2) is 39.0 Å². The fourth-order valence-electron chi connectivity index (χ4n) is 4.32. The molecule has 1 aromatic carbocycles. The predicted molar refractivity (Wildman–Crippen MR) is 115 cm³/mol. The molecule has 4 heterocycles. The second kappa shape index (κ2) is 8.18. The van der Waals surface area contributed by atoms with E-state index >= 15 is 0 Å². The molecule has 0 spiro atoms. The summed E-state index contributed by atoms with van der Waals surface area (Å²) in [7, 11) is 0. The summed E-state index contributed by atoms with van der Waals surface area (Å²) in [5.41, 5.74) is 3.27. The zero-order valence-corrected chi connectivity index (χ0v) is 18.0. The van der Waals surface area contributed by atoms with E-state index in [9.17, 15) is 9.18 Å². The Morgan fingerprint density at radius 3 is 2.88 bits per heavy atom. The third-order valence-corrected chi connectivity index (χ3v) is 5.90. The number of nitrogens with zero attached hydrogens (tertiary/aromatic N) is 4. The van der Waals surface area contributed by atoms with E-state index in [1.54, 1.807) is 24.4 Å². The molecule has 0 bridgehead atoms. The van der Waals surface area contributed by atoms with Crippen LogP contribution in [0.25, 0.3) is 11.1 Å². The highest BCUT2D eigenvalue weighted by molar-refractivity contribution is 6.06. The molecule has 0 saturated carbocycles. The fraction of sp³-hybridized carbons (Fsp3) is 0.333. The summed E-state index contributed by atoms with van der Waals surface area (Å²) in [5, 5.41) is 4.64. The van der Waals surface area contributed by atoms with E-state index < -0.39 is 0 Å². The monoisotopic (exact) mass is 434 g/mol. The molecule has 8 heteroatoms. The maximum atomic E-state index is 13.4. The minimum Gasteiger partial charge on any atom is -0.445 e.